The summed E-state index contributed by atoms with van der Waals surface area (Å²) in [4.78, 5) is 14.1. The van der Waals surface area contributed by atoms with E-state index in [0.29, 0.717) is 13.1 Å². The first-order valence-electron chi connectivity index (χ1n) is 9.55. The molecular formula is C24H27NO3. The first-order valence-corrected chi connectivity index (χ1v) is 9.55. The molecule has 3 rings (SSSR count). The van der Waals surface area contributed by atoms with Crippen molar-refractivity contribution in [3.8, 4) is 5.75 Å². The fraction of sp³-hybridized carbons (Fsp3) is 0.292. The highest BCUT2D eigenvalue weighted by Crippen LogP contribution is 2.29. The topological polar surface area (TPSA) is 42.7 Å². The van der Waals surface area contributed by atoms with Gasteiger partial charge in [-0.1, -0.05) is 42.0 Å². The van der Waals surface area contributed by atoms with Crippen molar-refractivity contribution in [1.29, 1.82) is 0 Å². The van der Waals surface area contributed by atoms with E-state index in [0.717, 1.165) is 23.5 Å². The maximum atomic E-state index is 12.2. The van der Waals surface area contributed by atoms with Crippen molar-refractivity contribution in [3.05, 3.63) is 89.4 Å². The Kier molecular flexibility index (Phi) is 6.53. The summed E-state index contributed by atoms with van der Waals surface area (Å²) < 4.78 is 10.9. The molecule has 0 bridgehead atoms. The van der Waals surface area contributed by atoms with E-state index >= 15 is 0 Å². The number of benzene rings is 2. The molecule has 0 spiro atoms. The van der Waals surface area contributed by atoms with Crippen LogP contribution >= 0.6 is 0 Å². The lowest BCUT2D eigenvalue weighted by Crippen LogP contribution is -2.30. The molecular weight excluding hydrogens is 350 g/mol. The van der Waals surface area contributed by atoms with Crippen molar-refractivity contribution < 1.29 is 13.9 Å². The zero-order valence-corrected chi connectivity index (χ0v) is 16.7. The molecule has 0 aliphatic rings. The van der Waals surface area contributed by atoms with Gasteiger partial charge in [-0.15, -0.1) is 0 Å². The number of ether oxygens (including phenoxy) is 1. The molecule has 4 nitrogen and oxygen atoms in total. The molecule has 0 N–H and O–H groups in total. The lowest BCUT2D eigenvalue weighted by molar-refractivity contribution is -0.129. The second-order valence-electron chi connectivity index (χ2n) is 7.06. The van der Waals surface area contributed by atoms with Gasteiger partial charge in [-0.2, -0.15) is 0 Å². The van der Waals surface area contributed by atoms with Crippen LogP contribution in [-0.2, 0) is 11.3 Å². The van der Waals surface area contributed by atoms with E-state index in [-0.39, 0.29) is 11.8 Å². The predicted octanol–water partition coefficient (Wildman–Crippen LogP) is 5.17. The van der Waals surface area contributed by atoms with E-state index in [4.69, 9.17) is 9.15 Å². The van der Waals surface area contributed by atoms with Crippen LogP contribution in [0.3, 0.4) is 0 Å². The van der Waals surface area contributed by atoms with Gasteiger partial charge in [-0.25, -0.2) is 0 Å². The molecule has 1 atom stereocenters. The second kappa shape index (κ2) is 9.27. The molecule has 1 amide bonds. The summed E-state index contributed by atoms with van der Waals surface area (Å²) in [6.07, 6.45) is 2.50. The average molecular weight is 377 g/mol. The molecule has 3 aromatic rings. The highest BCUT2D eigenvalue weighted by Gasteiger charge is 2.19. The summed E-state index contributed by atoms with van der Waals surface area (Å²) in [6, 6.07) is 20.3. The lowest BCUT2D eigenvalue weighted by atomic mass is 9.92. The van der Waals surface area contributed by atoms with Crippen LogP contribution in [0.4, 0.5) is 0 Å². The largest absolute Gasteiger partial charge is 0.497 e. The minimum absolute atomic E-state index is 0.0675. The molecule has 4 heteroatoms. The molecule has 28 heavy (non-hydrogen) atoms. The van der Waals surface area contributed by atoms with E-state index in [9.17, 15) is 4.79 Å². The Morgan fingerprint density at radius 1 is 1.07 bits per heavy atom. The molecule has 0 aliphatic heterocycles. The van der Waals surface area contributed by atoms with E-state index in [1.807, 2.05) is 41.3 Å². The molecule has 2 aromatic carbocycles. The Bertz CT molecular complexity index is 867. The van der Waals surface area contributed by atoms with Gasteiger partial charge >= 0.3 is 0 Å². The van der Waals surface area contributed by atoms with Gasteiger partial charge in [0.15, 0.2) is 0 Å². The van der Waals surface area contributed by atoms with Gasteiger partial charge in [0, 0.05) is 25.9 Å². The molecule has 146 valence electrons. The van der Waals surface area contributed by atoms with Crippen LogP contribution in [-0.4, -0.2) is 24.5 Å². The van der Waals surface area contributed by atoms with Crippen molar-refractivity contribution >= 4 is 5.91 Å². The predicted molar refractivity (Wildman–Crippen MR) is 110 cm³/mol. The summed E-state index contributed by atoms with van der Waals surface area (Å²) in [6.45, 7) is 4.94. The first kappa shape index (κ1) is 19.7. The van der Waals surface area contributed by atoms with Gasteiger partial charge in [0.2, 0.25) is 5.91 Å². The molecule has 1 unspecified atom stereocenters. The zero-order valence-electron chi connectivity index (χ0n) is 16.7. The van der Waals surface area contributed by atoms with Gasteiger partial charge in [0.1, 0.15) is 11.5 Å². The van der Waals surface area contributed by atoms with Crippen LogP contribution in [0.25, 0.3) is 0 Å². The maximum Gasteiger partial charge on any atom is 0.219 e. The molecule has 0 radical (unpaired) electrons. The number of aryl methyl sites for hydroxylation is 1. The summed E-state index contributed by atoms with van der Waals surface area (Å²) in [5.74, 6) is 1.93. The normalized spacial score (nSPS) is 11.8. The number of hydrogen-bond acceptors (Lipinski definition) is 3. The molecule has 0 saturated heterocycles. The highest BCUT2D eigenvalue weighted by atomic mass is 16.5. The van der Waals surface area contributed by atoms with E-state index in [1.165, 1.54) is 11.1 Å². The van der Waals surface area contributed by atoms with E-state index in [2.05, 4.69) is 31.2 Å². The Balaban J connectivity index is 1.73. The minimum Gasteiger partial charge on any atom is -0.497 e. The maximum absolute atomic E-state index is 12.2. The summed E-state index contributed by atoms with van der Waals surface area (Å²) >= 11 is 0. The molecule has 1 aromatic heterocycles. The van der Waals surface area contributed by atoms with Gasteiger partial charge in [0.05, 0.1) is 13.4 Å². The minimum atomic E-state index is 0.0675. The van der Waals surface area contributed by atoms with Crippen molar-refractivity contribution in [2.75, 3.05) is 13.7 Å². The monoisotopic (exact) mass is 377 g/mol. The Labute approximate surface area is 166 Å². The SMILES string of the molecule is COc1ccc(CN(CCC(c2ccc(C)cc2)c2ccco2)C(C)=O)cc1. The van der Waals surface area contributed by atoms with E-state index in [1.54, 1.807) is 20.3 Å². The Morgan fingerprint density at radius 2 is 1.79 bits per heavy atom. The summed E-state index contributed by atoms with van der Waals surface area (Å²) in [5, 5.41) is 0. The number of carbonyl (C=O) groups excluding carboxylic acids is 1. The van der Waals surface area contributed by atoms with Crippen molar-refractivity contribution in [1.82, 2.24) is 4.90 Å². The zero-order chi connectivity index (χ0) is 19.9. The first-order chi connectivity index (χ1) is 13.6. The Hall–Kier alpha value is -3.01. The average Bonchev–Trinajstić information content (AvgIpc) is 3.23. The van der Waals surface area contributed by atoms with Crippen molar-refractivity contribution in [2.45, 2.75) is 32.7 Å². The molecule has 0 saturated carbocycles. The Morgan fingerprint density at radius 3 is 2.36 bits per heavy atom. The number of furan rings is 1. The van der Waals surface area contributed by atoms with Crippen LogP contribution in [0.1, 0.15) is 41.7 Å². The molecule has 0 fully saturated rings. The quantitative estimate of drug-likeness (QED) is 0.544. The fourth-order valence-electron chi connectivity index (χ4n) is 3.35. The van der Waals surface area contributed by atoms with Crippen LogP contribution in [0.15, 0.2) is 71.3 Å². The van der Waals surface area contributed by atoms with Gasteiger partial charge in [-0.05, 0) is 48.7 Å². The smallest absolute Gasteiger partial charge is 0.219 e. The van der Waals surface area contributed by atoms with E-state index < -0.39 is 0 Å². The molecule has 1 heterocycles. The standard InChI is InChI=1S/C24H27NO3/c1-18-6-10-21(11-7-18)23(24-5-4-16-28-24)14-15-25(19(2)26)17-20-8-12-22(27-3)13-9-20/h4-13,16,23H,14-15,17H2,1-3H3. The number of nitrogens with zero attached hydrogens (tertiary/aromatic N) is 1. The number of hydrogen-bond donors (Lipinski definition) is 0. The summed E-state index contributed by atoms with van der Waals surface area (Å²) in [7, 11) is 1.65. The van der Waals surface area contributed by atoms with Gasteiger partial charge in [0.25, 0.3) is 0 Å². The lowest BCUT2D eigenvalue weighted by Gasteiger charge is -2.24. The van der Waals surface area contributed by atoms with Crippen molar-refractivity contribution in [2.24, 2.45) is 0 Å². The number of carbonyl (C=O) groups is 1. The third-order valence-electron chi connectivity index (χ3n) is 5.03. The second-order valence-corrected chi connectivity index (χ2v) is 7.06. The highest BCUT2D eigenvalue weighted by molar-refractivity contribution is 5.73. The van der Waals surface area contributed by atoms with Gasteiger partial charge in [-0.3, -0.25) is 4.79 Å². The van der Waals surface area contributed by atoms with Crippen LogP contribution in [0.2, 0.25) is 0 Å². The number of methoxy groups -OCH3 is 1. The van der Waals surface area contributed by atoms with Gasteiger partial charge < -0.3 is 14.1 Å². The fourth-order valence-corrected chi connectivity index (χ4v) is 3.35. The van der Waals surface area contributed by atoms with Crippen LogP contribution in [0.5, 0.6) is 5.75 Å². The third kappa shape index (κ3) is 5.03. The van der Waals surface area contributed by atoms with Crippen LogP contribution in [0, 0.1) is 6.92 Å². The summed E-state index contributed by atoms with van der Waals surface area (Å²) in [5.41, 5.74) is 3.51. The third-order valence-corrected chi connectivity index (χ3v) is 5.03. The molecule has 0 aliphatic carbocycles. The van der Waals surface area contributed by atoms with Crippen LogP contribution < -0.4 is 4.74 Å². The van der Waals surface area contributed by atoms with Crippen molar-refractivity contribution in [3.63, 3.8) is 0 Å². The number of rotatable bonds is 8. The number of amides is 1.